The first kappa shape index (κ1) is 16.6. The number of aryl methyl sites for hydroxylation is 1. The normalized spacial score (nSPS) is 12.7. The van der Waals surface area contributed by atoms with Crippen molar-refractivity contribution < 1.29 is 4.92 Å². The summed E-state index contributed by atoms with van der Waals surface area (Å²) in [6, 6.07) is 5.89. The smallest absolute Gasteiger partial charge is 0.272 e. The predicted molar refractivity (Wildman–Crippen MR) is 83.1 cm³/mol. The number of nitro groups is 1. The van der Waals surface area contributed by atoms with E-state index in [1.807, 2.05) is 12.1 Å². The SMILES string of the molecule is CCCNC(Cc1ccc([N+](=O)[O-])c(C)c1)CC(C)C. The molecule has 0 saturated heterocycles. The molecule has 1 aromatic rings. The Labute approximate surface area is 121 Å². The summed E-state index contributed by atoms with van der Waals surface area (Å²) in [4.78, 5) is 10.5. The van der Waals surface area contributed by atoms with E-state index in [1.54, 1.807) is 13.0 Å². The van der Waals surface area contributed by atoms with Gasteiger partial charge in [0.1, 0.15) is 0 Å². The van der Waals surface area contributed by atoms with Crippen molar-refractivity contribution in [3.8, 4) is 0 Å². The van der Waals surface area contributed by atoms with Gasteiger partial charge in [-0.2, -0.15) is 0 Å². The van der Waals surface area contributed by atoms with Crippen LogP contribution in [-0.2, 0) is 6.42 Å². The second-order valence-corrected chi connectivity index (χ2v) is 5.86. The van der Waals surface area contributed by atoms with Crippen molar-refractivity contribution >= 4 is 5.69 Å². The van der Waals surface area contributed by atoms with Crippen LogP contribution >= 0.6 is 0 Å². The highest BCUT2D eigenvalue weighted by Crippen LogP contribution is 2.20. The van der Waals surface area contributed by atoms with E-state index >= 15 is 0 Å². The van der Waals surface area contributed by atoms with Gasteiger partial charge in [-0.25, -0.2) is 0 Å². The minimum absolute atomic E-state index is 0.204. The van der Waals surface area contributed by atoms with E-state index in [1.165, 1.54) is 5.56 Å². The van der Waals surface area contributed by atoms with Gasteiger partial charge >= 0.3 is 0 Å². The average molecular weight is 278 g/mol. The fourth-order valence-corrected chi connectivity index (χ4v) is 2.49. The lowest BCUT2D eigenvalue weighted by Gasteiger charge is -2.20. The molecular formula is C16H26N2O2. The molecule has 0 fully saturated rings. The number of hydrogen-bond donors (Lipinski definition) is 1. The van der Waals surface area contributed by atoms with E-state index < -0.39 is 0 Å². The molecule has 0 aliphatic heterocycles. The van der Waals surface area contributed by atoms with Crippen LogP contribution in [0.4, 0.5) is 5.69 Å². The van der Waals surface area contributed by atoms with E-state index in [0.29, 0.717) is 12.0 Å². The van der Waals surface area contributed by atoms with Crippen LogP contribution in [0, 0.1) is 23.0 Å². The van der Waals surface area contributed by atoms with Gasteiger partial charge in [0.15, 0.2) is 0 Å². The highest BCUT2D eigenvalue weighted by atomic mass is 16.6. The molecule has 0 amide bonds. The zero-order valence-corrected chi connectivity index (χ0v) is 13.0. The predicted octanol–water partition coefficient (Wildman–Crippen LogP) is 3.86. The molecule has 0 heterocycles. The lowest BCUT2D eigenvalue weighted by atomic mass is 9.96. The van der Waals surface area contributed by atoms with Crippen molar-refractivity contribution in [3.63, 3.8) is 0 Å². The van der Waals surface area contributed by atoms with Crippen LogP contribution in [0.3, 0.4) is 0 Å². The highest BCUT2D eigenvalue weighted by molar-refractivity contribution is 5.42. The molecule has 0 aromatic heterocycles. The minimum Gasteiger partial charge on any atom is -0.314 e. The van der Waals surface area contributed by atoms with Crippen molar-refractivity contribution in [2.24, 2.45) is 5.92 Å². The maximum absolute atomic E-state index is 10.8. The van der Waals surface area contributed by atoms with Crippen LogP contribution in [0.2, 0.25) is 0 Å². The van der Waals surface area contributed by atoms with E-state index in [9.17, 15) is 10.1 Å². The Kier molecular flexibility index (Phi) is 6.65. The molecule has 0 saturated carbocycles. The molecule has 0 spiro atoms. The zero-order chi connectivity index (χ0) is 15.1. The lowest BCUT2D eigenvalue weighted by Crippen LogP contribution is -2.33. The average Bonchev–Trinajstić information content (AvgIpc) is 2.35. The Morgan fingerprint density at radius 3 is 2.55 bits per heavy atom. The van der Waals surface area contributed by atoms with Crippen LogP contribution in [0.15, 0.2) is 18.2 Å². The van der Waals surface area contributed by atoms with Crippen molar-refractivity contribution in [3.05, 3.63) is 39.4 Å². The number of benzene rings is 1. The Hall–Kier alpha value is -1.42. The minimum atomic E-state index is -0.319. The third-order valence-corrected chi connectivity index (χ3v) is 3.38. The van der Waals surface area contributed by atoms with Crippen molar-refractivity contribution in [1.82, 2.24) is 5.32 Å². The first-order chi connectivity index (χ1) is 9.43. The van der Waals surface area contributed by atoms with Crippen LogP contribution in [0.1, 0.15) is 44.7 Å². The molecule has 1 aromatic carbocycles. The summed E-state index contributed by atoms with van der Waals surface area (Å²) in [5.41, 5.74) is 2.12. The monoisotopic (exact) mass is 278 g/mol. The summed E-state index contributed by atoms with van der Waals surface area (Å²) in [6.45, 7) is 9.43. The second-order valence-electron chi connectivity index (χ2n) is 5.86. The van der Waals surface area contributed by atoms with Crippen LogP contribution in [0.25, 0.3) is 0 Å². The van der Waals surface area contributed by atoms with Crippen LogP contribution in [-0.4, -0.2) is 17.5 Å². The molecule has 4 nitrogen and oxygen atoms in total. The third-order valence-electron chi connectivity index (χ3n) is 3.38. The first-order valence-corrected chi connectivity index (χ1v) is 7.41. The summed E-state index contributed by atoms with van der Waals surface area (Å²) in [6.07, 6.45) is 3.17. The van der Waals surface area contributed by atoms with E-state index in [-0.39, 0.29) is 10.6 Å². The summed E-state index contributed by atoms with van der Waals surface area (Å²) in [5.74, 6) is 0.642. The molecule has 1 unspecified atom stereocenters. The fourth-order valence-electron chi connectivity index (χ4n) is 2.49. The Balaban J connectivity index is 2.77. The van der Waals surface area contributed by atoms with E-state index in [0.717, 1.165) is 31.4 Å². The maximum atomic E-state index is 10.8. The first-order valence-electron chi connectivity index (χ1n) is 7.41. The molecule has 20 heavy (non-hydrogen) atoms. The Morgan fingerprint density at radius 1 is 1.35 bits per heavy atom. The van der Waals surface area contributed by atoms with Gasteiger partial charge in [-0.05, 0) is 50.3 Å². The summed E-state index contributed by atoms with van der Waals surface area (Å²) in [7, 11) is 0. The molecule has 0 aliphatic rings. The van der Waals surface area contributed by atoms with Gasteiger partial charge < -0.3 is 5.32 Å². The molecular weight excluding hydrogens is 252 g/mol. The van der Waals surface area contributed by atoms with Gasteiger partial charge in [0.25, 0.3) is 5.69 Å². The van der Waals surface area contributed by atoms with Crippen molar-refractivity contribution in [1.29, 1.82) is 0 Å². The molecule has 0 aliphatic carbocycles. The highest BCUT2D eigenvalue weighted by Gasteiger charge is 2.14. The number of hydrogen-bond acceptors (Lipinski definition) is 3. The topological polar surface area (TPSA) is 55.2 Å². The molecule has 4 heteroatoms. The van der Waals surface area contributed by atoms with Crippen molar-refractivity contribution in [2.45, 2.75) is 53.0 Å². The summed E-state index contributed by atoms with van der Waals surface area (Å²) >= 11 is 0. The van der Waals surface area contributed by atoms with Crippen LogP contribution in [0.5, 0.6) is 0 Å². The molecule has 0 bridgehead atoms. The van der Waals surface area contributed by atoms with E-state index in [4.69, 9.17) is 0 Å². The van der Waals surface area contributed by atoms with Gasteiger partial charge in [0, 0.05) is 17.7 Å². The second kappa shape index (κ2) is 8.00. The van der Waals surface area contributed by atoms with Gasteiger partial charge in [-0.1, -0.05) is 26.8 Å². The third kappa shape index (κ3) is 5.29. The number of nitrogens with zero attached hydrogens (tertiary/aromatic N) is 1. The molecule has 1 rings (SSSR count). The Bertz CT molecular complexity index is 444. The molecule has 1 atom stereocenters. The largest absolute Gasteiger partial charge is 0.314 e. The number of nitrogens with one attached hydrogen (secondary N) is 1. The quantitative estimate of drug-likeness (QED) is 0.580. The van der Waals surface area contributed by atoms with Gasteiger partial charge in [0.05, 0.1) is 4.92 Å². The van der Waals surface area contributed by atoms with Gasteiger partial charge in [-0.3, -0.25) is 10.1 Å². The number of rotatable bonds is 8. The molecule has 112 valence electrons. The van der Waals surface area contributed by atoms with Crippen molar-refractivity contribution in [2.75, 3.05) is 6.54 Å². The standard InChI is InChI=1S/C16H26N2O2/c1-5-8-17-15(9-12(2)3)11-14-6-7-16(18(19)20)13(4)10-14/h6-7,10,12,15,17H,5,8-9,11H2,1-4H3. The van der Waals surface area contributed by atoms with Gasteiger partial charge in [0.2, 0.25) is 0 Å². The maximum Gasteiger partial charge on any atom is 0.272 e. The summed E-state index contributed by atoms with van der Waals surface area (Å²) < 4.78 is 0. The number of nitro benzene ring substituents is 1. The van der Waals surface area contributed by atoms with E-state index in [2.05, 4.69) is 26.1 Å². The zero-order valence-electron chi connectivity index (χ0n) is 13.0. The lowest BCUT2D eigenvalue weighted by molar-refractivity contribution is -0.385. The summed E-state index contributed by atoms with van der Waals surface area (Å²) in [5, 5.41) is 14.4. The fraction of sp³-hybridized carbons (Fsp3) is 0.625. The Morgan fingerprint density at radius 2 is 2.05 bits per heavy atom. The molecule has 1 N–H and O–H groups in total. The molecule has 0 radical (unpaired) electrons. The van der Waals surface area contributed by atoms with Crippen LogP contribution < -0.4 is 5.32 Å². The van der Waals surface area contributed by atoms with Gasteiger partial charge in [-0.15, -0.1) is 0 Å².